The molecule has 0 aromatic carbocycles. The molecule has 2 N–H and O–H groups in total. The monoisotopic (exact) mass is 334 g/mol. The van der Waals surface area contributed by atoms with Gasteiger partial charge < -0.3 is 19.9 Å². The van der Waals surface area contributed by atoms with E-state index in [4.69, 9.17) is 9.47 Å². The van der Waals surface area contributed by atoms with Crippen molar-refractivity contribution in [2.24, 2.45) is 17.3 Å². The molecule has 1 aliphatic heterocycles. The van der Waals surface area contributed by atoms with E-state index in [1.54, 1.807) is 0 Å². The normalized spacial score (nSPS) is 34.0. The maximum absolute atomic E-state index is 12.6. The van der Waals surface area contributed by atoms with E-state index in [1.165, 1.54) is 19.4 Å². The van der Waals surface area contributed by atoms with Crippen LogP contribution in [0.3, 0.4) is 0 Å². The Balaban J connectivity index is 1.80. The van der Waals surface area contributed by atoms with Crippen LogP contribution in [0.4, 0.5) is 0 Å². The number of nitrogens with zero attached hydrogens (tertiary/aromatic N) is 1. The van der Waals surface area contributed by atoms with Crippen molar-refractivity contribution >= 4 is 5.91 Å². The number of nitrogens with one attached hydrogen (secondary N) is 1. The van der Waals surface area contributed by atoms with E-state index in [-0.39, 0.29) is 52.7 Å². The number of hydrogen-bond donors (Lipinski definition) is 2. The number of carbonyl (C=O) groups is 1. The first-order chi connectivity index (χ1) is 11.3. The Hall–Kier alpha value is -1.82. The van der Waals surface area contributed by atoms with Crippen LogP contribution in [0.1, 0.15) is 44.6 Å². The summed E-state index contributed by atoms with van der Waals surface area (Å²) >= 11 is 0. The van der Waals surface area contributed by atoms with Crippen molar-refractivity contribution in [2.45, 2.75) is 52.4 Å². The van der Waals surface area contributed by atoms with Crippen LogP contribution in [-0.2, 0) is 4.74 Å². The fourth-order valence-corrected chi connectivity index (χ4v) is 3.87. The minimum atomic E-state index is -0.372. The molecule has 0 spiro atoms. The maximum atomic E-state index is 12.6. The third kappa shape index (κ3) is 2.83. The highest BCUT2D eigenvalue weighted by Crippen LogP contribution is 2.50. The topological polar surface area (TPSA) is 84.0 Å². The molecule has 6 nitrogen and oxygen atoms in total. The van der Waals surface area contributed by atoms with Crippen molar-refractivity contribution in [1.82, 2.24) is 10.3 Å². The van der Waals surface area contributed by atoms with Crippen LogP contribution in [0, 0.1) is 17.3 Å². The van der Waals surface area contributed by atoms with Crippen molar-refractivity contribution in [3.8, 4) is 11.5 Å². The van der Waals surface area contributed by atoms with Gasteiger partial charge in [0.2, 0.25) is 0 Å². The summed E-state index contributed by atoms with van der Waals surface area (Å²) in [5, 5.41) is 13.2. The van der Waals surface area contributed by atoms with Gasteiger partial charge in [0.05, 0.1) is 19.3 Å². The molecular weight excluding hydrogens is 308 g/mol. The van der Waals surface area contributed by atoms with E-state index in [1.807, 2.05) is 0 Å². The van der Waals surface area contributed by atoms with E-state index < -0.39 is 0 Å². The highest BCUT2D eigenvalue weighted by atomic mass is 16.6. The SMILES string of the molecule is COc1ccnc(C(=O)NC2CC(C)(C)C3OC3[C@H](C)[C@H]2C)c1O. The summed E-state index contributed by atoms with van der Waals surface area (Å²) in [6.07, 6.45) is 2.83. The number of methoxy groups -OCH3 is 1. The molecule has 3 rings (SSSR count). The van der Waals surface area contributed by atoms with Crippen molar-refractivity contribution in [1.29, 1.82) is 0 Å². The molecular formula is C18H26N2O4. The minimum Gasteiger partial charge on any atom is -0.503 e. The van der Waals surface area contributed by atoms with E-state index in [2.05, 4.69) is 38.0 Å². The van der Waals surface area contributed by atoms with Crippen LogP contribution in [0.15, 0.2) is 12.3 Å². The van der Waals surface area contributed by atoms with Gasteiger partial charge in [0.15, 0.2) is 17.2 Å². The highest BCUT2D eigenvalue weighted by molar-refractivity contribution is 5.95. The summed E-state index contributed by atoms with van der Waals surface area (Å²) < 4.78 is 10.9. The standard InChI is InChI=1S/C18H26N2O4/c1-9-10(2)15-16(24-15)18(3,4)8-11(9)20-17(22)13-14(21)12(23-5)6-7-19-13/h6-7,9-11,15-16,21H,8H2,1-5H3,(H,20,22)/t9-,10-,11?,15?,16?/m1/s1. The largest absolute Gasteiger partial charge is 0.503 e. The van der Waals surface area contributed by atoms with E-state index in [0.29, 0.717) is 5.92 Å². The lowest BCUT2D eigenvalue weighted by Crippen LogP contribution is -2.44. The van der Waals surface area contributed by atoms with Crippen molar-refractivity contribution in [3.63, 3.8) is 0 Å². The van der Waals surface area contributed by atoms with E-state index in [9.17, 15) is 9.90 Å². The number of pyridine rings is 1. The van der Waals surface area contributed by atoms with Gasteiger partial charge in [0.25, 0.3) is 5.91 Å². The molecule has 24 heavy (non-hydrogen) atoms. The second-order valence-electron chi connectivity index (χ2n) is 7.72. The van der Waals surface area contributed by atoms with Crippen molar-refractivity contribution in [2.75, 3.05) is 7.11 Å². The van der Waals surface area contributed by atoms with Gasteiger partial charge >= 0.3 is 0 Å². The molecule has 0 radical (unpaired) electrons. The summed E-state index contributed by atoms with van der Waals surface area (Å²) in [5.74, 6) is 0.292. The number of rotatable bonds is 3. The van der Waals surface area contributed by atoms with Gasteiger partial charge in [-0.2, -0.15) is 0 Å². The average Bonchev–Trinajstić information content (AvgIpc) is 3.34. The number of fused-ring (bicyclic) bond motifs is 1. The first-order valence-electron chi connectivity index (χ1n) is 8.44. The number of aromatic nitrogens is 1. The fourth-order valence-electron chi connectivity index (χ4n) is 3.87. The Kier molecular flexibility index (Phi) is 4.20. The zero-order valence-electron chi connectivity index (χ0n) is 14.9. The molecule has 0 bridgehead atoms. The van der Waals surface area contributed by atoms with Crippen molar-refractivity contribution < 1.29 is 19.4 Å². The Labute approximate surface area is 142 Å². The van der Waals surface area contributed by atoms with Crippen molar-refractivity contribution in [3.05, 3.63) is 18.0 Å². The summed E-state index contributed by atoms with van der Waals surface area (Å²) in [6, 6.07) is 1.53. The van der Waals surface area contributed by atoms with Gasteiger partial charge in [-0.25, -0.2) is 4.98 Å². The van der Waals surface area contributed by atoms with Gasteiger partial charge in [-0.3, -0.25) is 4.79 Å². The second-order valence-corrected chi connectivity index (χ2v) is 7.72. The Morgan fingerprint density at radius 3 is 2.79 bits per heavy atom. The summed E-state index contributed by atoms with van der Waals surface area (Å²) in [6.45, 7) is 8.69. The molecule has 1 saturated carbocycles. The molecule has 2 aliphatic rings. The minimum absolute atomic E-state index is 0.00216. The van der Waals surface area contributed by atoms with Crippen LogP contribution in [-0.4, -0.2) is 41.4 Å². The third-order valence-corrected chi connectivity index (χ3v) is 5.66. The maximum Gasteiger partial charge on any atom is 0.274 e. The number of aromatic hydroxyl groups is 1. The molecule has 1 aromatic heterocycles. The Morgan fingerprint density at radius 1 is 1.42 bits per heavy atom. The van der Waals surface area contributed by atoms with Crippen LogP contribution in [0.2, 0.25) is 0 Å². The van der Waals surface area contributed by atoms with E-state index >= 15 is 0 Å². The van der Waals surface area contributed by atoms with Gasteiger partial charge in [0, 0.05) is 18.3 Å². The molecule has 6 heteroatoms. The van der Waals surface area contributed by atoms with Crippen LogP contribution >= 0.6 is 0 Å². The van der Waals surface area contributed by atoms with Crippen LogP contribution < -0.4 is 10.1 Å². The first-order valence-corrected chi connectivity index (χ1v) is 8.44. The summed E-state index contributed by atoms with van der Waals surface area (Å²) in [5.41, 5.74) is 0.00328. The van der Waals surface area contributed by atoms with Crippen LogP contribution in [0.5, 0.6) is 11.5 Å². The Morgan fingerprint density at radius 2 is 2.12 bits per heavy atom. The molecule has 1 saturated heterocycles. The lowest BCUT2D eigenvalue weighted by Gasteiger charge is -2.32. The van der Waals surface area contributed by atoms with Gasteiger partial charge in [-0.05, 0) is 23.7 Å². The Bertz CT molecular complexity index is 646. The number of hydrogen-bond acceptors (Lipinski definition) is 5. The fraction of sp³-hybridized carbons (Fsp3) is 0.667. The number of carbonyl (C=O) groups excluding carboxylic acids is 1. The van der Waals surface area contributed by atoms with E-state index in [0.717, 1.165) is 6.42 Å². The molecule has 1 aliphatic carbocycles. The first kappa shape index (κ1) is 17.0. The molecule has 2 heterocycles. The number of amides is 1. The van der Waals surface area contributed by atoms with Crippen LogP contribution in [0.25, 0.3) is 0 Å². The highest BCUT2D eigenvalue weighted by Gasteiger charge is 2.57. The number of ether oxygens (including phenoxy) is 2. The zero-order chi connectivity index (χ0) is 17.6. The predicted molar refractivity (Wildman–Crippen MR) is 89.1 cm³/mol. The molecule has 3 unspecified atom stereocenters. The predicted octanol–water partition coefficient (Wildman–Crippen LogP) is 2.36. The molecule has 1 aromatic rings. The van der Waals surface area contributed by atoms with Gasteiger partial charge in [0.1, 0.15) is 0 Å². The average molecular weight is 334 g/mol. The lowest BCUT2D eigenvalue weighted by molar-refractivity contribution is 0.0858. The summed E-state index contributed by atoms with van der Waals surface area (Å²) in [4.78, 5) is 16.7. The van der Waals surface area contributed by atoms with Gasteiger partial charge in [-0.1, -0.05) is 27.7 Å². The second kappa shape index (κ2) is 5.92. The quantitative estimate of drug-likeness (QED) is 0.829. The number of epoxide rings is 1. The molecule has 2 fully saturated rings. The molecule has 5 atom stereocenters. The van der Waals surface area contributed by atoms with Gasteiger partial charge in [-0.15, -0.1) is 0 Å². The molecule has 132 valence electrons. The smallest absolute Gasteiger partial charge is 0.274 e. The third-order valence-electron chi connectivity index (χ3n) is 5.66. The zero-order valence-corrected chi connectivity index (χ0v) is 14.9. The summed E-state index contributed by atoms with van der Waals surface area (Å²) in [7, 11) is 1.45. The lowest BCUT2D eigenvalue weighted by atomic mass is 9.81. The molecule has 1 amide bonds.